The molecule has 12 nitrogen and oxygen atoms in total. The van der Waals surface area contributed by atoms with Crippen LogP contribution < -0.4 is 19.1 Å². The van der Waals surface area contributed by atoms with E-state index in [1.54, 1.807) is 13.8 Å². The molecule has 0 saturated heterocycles. The summed E-state index contributed by atoms with van der Waals surface area (Å²) in [5.41, 5.74) is -2.88. The third-order valence-electron chi connectivity index (χ3n) is 6.33. The Morgan fingerprint density at radius 3 is 2.51 bits per heavy atom. The molecule has 2 heterocycles. The number of sulfonamides is 1. The van der Waals surface area contributed by atoms with E-state index in [-0.39, 0.29) is 53.1 Å². The number of hydrogen-bond acceptors (Lipinski definition) is 9. The Morgan fingerprint density at radius 1 is 1.24 bits per heavy atom. The maximum atomic E-state index is 14.2. The summed E-state index contributed by atoms with van der Waals surface area (Å²) in [6, 6.07) is 3.02. The van der Waals surface area contributed by atoms with Gasteiger partial charge in [0.05, 0.1) is 18.3 Å². The fourth-order valence-corrected chi connectivity index (χ4v) is 5.76. The summed E-state index contributed by atoms with van der Waals surface area (Å²) in [5.74, 6) is -0.270. The number of aryl methyl sites for hydroxylation is 1. The molecule has 3 rings (SSSR count). The highest BCUT2D eigenvalue weighted by atomic mass is 32.2. The molecule has 1 aliphatic heterocycles. The van der Waals surface area contributed by atoms with Crippen LogP contribution in [0.3, 0.4) is 0 Å². The second-order valence-corrected chi connectivity index (χ2v) is 11.7. The van der Waals surface area contributed by atoms with Crippen molar-refractivity contribution in [2.45, 2.75) is 82.8 Å². The minimum Gasteiger partial charge on any atom is -0.486 e. The standard InChI is InChI=1S/C25H33F3N4O8S/c1-6-31-14-21(22(30-31)38-12-11-33)41(36,37)32-16(3)19(9-7-15(2)34)39-20-10-8-17(13-18(20)32)29-23(35)40-24(4,5)25(26,27)28/h8,10,13-14,16,19,33H,6-7,9,11-12H2,1-5H3,(H,29,35)/t16-,19+/m1/s1. The number of carbonyl (C=O) groups is 2. The molecule has 41 heavy (non-hydrogen) atoms. The Hall–Kier alpha value is -3.53. The Morgan fingerprint density at radius 2 is 1.93 bits per heavy atom. The number of fused-ring (bicyclic) bond motifs is 1. The molecule has 0 bridgehead atoms. The minimum atomic E-state index is -4.83. The van der Waals surface area contributed by atoms with Crippen molar-refractivity contribution in [2.75, 3.05) is 22.8 Å². The number of benzene rings is 1. The van der Waals surface area contributed by atoms with Crippen molar-refractivity contribution < 1.29 is 50.5 Å². The number of halogens is 3. The average Bonchev–Trinajstić information content (AvgIpc) is 3.29. The number of rotatable bonds is 11. The van der Waals surface area contributed by atoms with Crippen LogP contribution in [0, 0.1) is 0 Å². The van der Waals surface area contributed by atoms with Gasteiger partial charge in [0.2, 0.25) is 5.60 Å². The van der Waals surface area contributed by atoms with Crippen molar-refractivity contribution in [1.29, 1.82) is 0 Å². The molecule has 1 aromatic carbocycles. The summed E-state index contributed by atoms with van der Waals surface area (Å²) in [7, 11) is -4.45. The first kappa shape index (κ1) is 32.0. The Labute approximate surface area is 235 Å². The molecule has 1 amide bonds. The van der Waals surface area contributed by atoms with Gasteiger partial charge in [-0.2, -0.15) is 13.2 Å². The number of anilines is 2. The van der Waals surface area contributed by atoms with E-state index >= 15 is 0 Å². The number of alkyl halides is 3. The summed E-state index contributed by atoms with van der Waals surface area (Å²) in [6.45, 7) is 5.80. The second-order valence-electron chi connectivity index (χ2n) is 9.87. The number of nitrogens with one attached hydrogen (secondary N) is 1. The van der Waals surface area contributed by atoms with Crippen LogP contribution in [0.5, 0.6) is 11.6 Å². The van der Waals surface area contributed by atoms with E-state index < -0.39 is 46.6 Å². The molecular weight excluding hydrogens is 573 g/mol. The van der Waals surface area contributed by atoms with Crippen molar-refractivity contribution in [1.82, 2.24) is 9.78 Å². The third kappa shape index (κ3) is 7.04. The number of aliphatic hydroxyl groups excluding tert-OH is 1. The smallest absolute Gasteiger partial charge is 0.427 e. The first-order valence-electron chi connectivity index (χ1n) is 12.7. The largest absolute Gasteiger partial charge is 0.486 e. The van der Waals surface area contributed by atoms with E-state index in [0.717, 1.165) is 4.31 Å². The summed E-state index contributed by atoms with van der Waals surface area (Å²) < 4.78 is 86.2. The molecule has 0 fully saturated rings. The number of hydrogen-bond donors (Lipinski definition) is 2. The zero-order valence-corrected chi connectivity index (χ0v) is 24.0. The lowest BCUT2D eigenvalue weighted by atomic mass is 10.0. The van der Waals surface area contributed by atoms with E-state index in [2.05, 4.69) is 15.2 Å². The van der Waals surface area contributed by atoms with Gasteiger partial charge in [0, 0.05) is 24.8 Å². The summed E-state index contributed by atoms with van der Waals surface area (Å²) in [5, 5.41) is 15.5. The molecular formula is C25H33F3N4O8S. The van der Waals surface area contributed by atoms with Gasteiger partial charge in [-0.3, -0.25) is 14.3 Å². The molecule has 228 valence electrons. The zero-order chi connectivity index (χ0) is 30.8. The van der Waals surface area contributed by atoms with Crippen molar-refractivity contribution in [3.05, 3.63) is 24.4 Å². The van der Waals surface area contributed by atoms with Crippen molar-refractivity contribution in [3.8, 4) is 11.6 Å². The molecule has 2 aromatic rings. The molecule has 2 atom stereocenters. The normalized spacial score (nSPS) is 17.4. The molecule has 0 aliphatic carbocycles. The van der Waals surface area contributed by atoms with Gasteiger partial charge in [0.25, 0.3) is 15.9 Å². The molecule has 1 aliphatic rings. The Balaban J connectivity index is 2.07. The number of aromatic nitrogens is 2. The van der Waals surface area contributed by atoms with Crippen LogP contribution in [0.25, 0.3) is 0 Å². The second kappa shape index (κ2) is 12.1. The third-order valence-corrected chi connectivity index (χ3v) is 8.21. The summed E-state index contributed by atoms with van der Waals surface area (Å²) in [6.07, 6.45) is -5.40. The molecule has 16 heteroatoms. The number of nitrogens with zero attached hydrogens (tertiary/aromatic N) is 3. The number of aliphatic hydroxyl groups is 1. The highest BCUT2D eigenvalue weighted by Crippen LogP contribution is 2.43. The predicted molar refractivity (Wildman–Crippen MR) is 141 cm³/mol. The lowest BCUT2D eigenvalue weighted by Crippen LogP contribution is -2.51. The van der Waals surface area contributed by atoms with Gasteiger partial charge in [0.1, 0.15) is 24.2 Å². The minimum absolute atomic E-state index is 0.0261. The molecule has 1 aromatic heterocycles. The van der Waals surface area contributed by atoms with Crippen LogP contribution in [-0.4, -0.2) is 72.3 Å². The van der Waals surface area contributed by atoms with Crippen LogP contribution >= 0.6 is 0 Å². The number of ether oxygens (including phenoxy) is 3. The van der Waals surface area contributed by atoms with Gasteiger partial charge in [-0.15, -0.1) is 5.10 Å². The Bertz CT molecular complexity index is 1380. The number of amides is 1. The van der Waals surface area contributed by atoms with Gasteiger partial charge in [0.15, 0.2) is 4.90 Å². The maximum absolute atomic E-state index is 14.2. The van der Waals surface area contributed by atoms with Gasteiger partial charge < -0.3 is 24.1 Å². The van der Waals surface area contributed by atoms with Gasteiger partial charge in [-0.25, -0.2) is 13.2 Å². The van der Waals surface area contributed by atoms with Crippen LogP contribution in [0.2, 0.25) is 0 Å². The average molecular weight is 607 g/mol. The first-order chi connectivity index (χ1) is 19.0. The monoisotopic (exact) mass is 606 g/mol. The molecule has 0 saturated carbocycles. The van der Waals surface area contributed by atoms with Crippen LogP contribution in [0.4, 0.5) is 29.3 Å². The van der Waals surface area contributed by atoms with Crippen molar-refractivity contribution in [2.24, 2.45) is 0 Å². The summed E-state index contributed by atoms with van der Waals surface area (Å²) in [4.78, 5) is 23.7. The first-order valence-corrected chi connectivity index (χ1v) is 14.2. The lowest BCUT2D eigenvalue weighted by molar-refractivity contribution is -0.242. The van der Waals surface area contributed by atoms with Gasteiger partial charge in [-0.05, 0) is 59.2 Å². The maximum Gasteiger partial charge on any atom is 0.427 e. The molecule has 0 radical (unpaired) electrons. The highest BCUT2D eigenvalue weighted by Gasteiger charge is 2.51. The van der Waals surface area contributed by atoms with Crippen LogP contribution in [-0.2, 0) is 26.1 Å². The Kier molecular flexibility index (Phi) is 9.47. The SMILES string of the molecule is CCn1cc(S(=O)(=O)N2c3cc(NC(=O)OC(C)(C)C(F)(F)F)ccc3O[C@@H](CCC(C)=O)[C@H]2C)c(OCCO)n1. The van der Waals surface area contributed by atoms with Gasteiger partial charge in [-0.1, -0.05) is 0 Å². The quantitative estimate of drug-likeness (QED) is 0.389. The summed E-state index contributed by atoms with van der Waals surface area (Å²) >= 11 is 0. The van der Waals surface area contributed by atoms with Crippen LogP contribution in [0.1, 0.15) is 47.5 Å². The topological polar surface area (TPSA) is 149 Å². The molecule has 2 N–H and O–H groups in total. The van der Waals surface area contributed by atoms with Gasteiger partial charge >= 0.3 is 12.3 Å². The number of ketones is 1. The van der Waals surface area contributed by atoms with E-state index in [1.165, 1.54) is 36.0 Å². The lowest BCUT2D eigenvalue weighted by Gasteiger charge is -2.41. The zero-order valence-electron chi connectivity index (χ0n) is 23.2. The van der Waals surface area contributed by atoms with Crippen LogP contribution in [0.15, 0.2) is 29.3 Å². The fraction of sp³-hybridized carbons (Fsp3) is 0.560. The van der Waals surface area contributed by atoms with Crippen molar-refractivity contribution in [3.63, 3.8) is 0 Å². The highest BCUT2D eigenvalue weighted by molar-refractivity contribution is 7.93. The molecule has 0 spiro atoms. The number of Topliss-reactive ketones (excluding diaryl/α,β-unsaturated/α-hetero) is 1. The van der Waals surface area contributed by atoms with E-state index in [1.807, 2.05) is 0 Å². The van der Waals surface area contributed by atoms with Crippen molar-refractivity contribution >= 4 is 33.3 Å². The molecule has 0 unspecified atom stereocenters. The van der Waals surface area contributed by atoms with E-state index in [0.29, 0.717) is 20.4 Å². The van der Waals surface area contributed by atoms with E-state index in [9.17, 15) is 36.3 Å². The van der Waals surface area contributed by atoms with E-state index in [4.69, 9.17) is 9.47 Å². The fourth-order valence-electron chi connectivity index (χ4n) is 4.00. The number of carbonyl (C=O) groups excluding carboxylic acids is 2. The predicted octanol–water partition coefficient (Wildman–Crippen LogP) is 3.88.